The number of azo groups is 1. The third-order valence-electron chi connectivity index (χ3n) is 5.76. The molecule has 1 amide bonds. The molecule has 0 heterocycles. The molecule has 40 heavy (non-hydrogen) atoms. The van der Waals surface area contributed by atoms with Crippen molar-refractivity contribution < 1.29 is 57.2 Å². The molecular weight excluding hydrogens is 588 g/mol. The Balaban J connectivity index is 0.00000441. The van der Waals surface area contributed by atoms with Gasteiger partial charge in [-0.05, 0) is 54.6 Å². The first kappa shape index (κ1) is 31.8. The summed E-state index contributed by atoms with van der Waals surface area (Å²) in [5.74, 6) is -0.942. The summed E-state index contributed by atoms with van der Waals surface area (Å²) in [6.45, 7) is 3.94. The largest absolute Gasteiger partial charge is 1.00 e. The number of carbonyl (C=O) groups excluding carboxylic acids is 1. The average molecular weight is 610 g/mol. The molecule has 0 radical (unpaired) electrons. The first-order chi connectivity index (χ1) is 18.5. The van der Waals surface area contributed by atoms with Crippen molar-refractivity contribution in [2.24, 2.45) is 10.2 Å². The van der Waals surface area contributed by atoms with Crippen molar-refractivity contribution in [2.45, 2.75) is 25.2 Å². The van der Waals surface area contributed by atoms with Crippen molar-refractivity contribution in [1.82, 2.24) is 0 Å². The molecule has 9 nitrogen and oxygen atoms in total. The summed E-state index contributed by atoms with van der Waals surface area (Å²) in [6, 6.07) is 15.8. The molecule has 0 aliphatic carbocycles. The second-order valence-corrected chi connectivity index (χ2v) is 10.4. The Morgan fingerprint density at radius 3 is 2.42 bits per heavy atom. The summed E-state index contributed by atoms with van der Waals surface area (Å²) in [6.07, 6.45) is 0.290. The van der Waals surface area contributed by atoms with Crippen LogP contribution in [0.15, 0.2) is 75.8 Å². The van der Waals surface area contributed by atoms with Gasteiger partial charge in [0, 0.05) is 16.6 Å². The van der Waals surface area contributed by atoms with Gasteiger partial charge >= 0.3 is 29.6 Å². The Hall–Kier alpha value is -2.70. The van der Waals surface area contributed by atoms with E-state index in [1.54, 1.807) is 43.3 Å². The standard InChI is InChI=1S/C27H23Cl2N3O6S.Na/c1-3-15-9-11-21(23(29)26(15)39(35,36)37)31-32-24-18-8-6-5-7-16(18)13-19(25(24)33)27(34)30-17-10-12-22(38-4-2)20(28)14-17;/h5-14,33H,3-4H2,1-2H3,(H,30,34)(H,35,36,37);/q;+1/p-1. The van der Waals surface area contributed by atoms with Gasteiger partial charge in [0.1, 0.15) is 16.3 Å². The summed E-state index contributed by atoms with van der Waals surface area (Å²) in [4.78, 5) is 12.7. The number of nitrogens with zero attached hydrogens (tertiary/aromatic N) is 2. The van der Waals surface area contributed by atoms with Crippen LogP contribution in [0.25, 0.3) is 10.8 Å². The van der Waals surface area contributed by atoms with Gasteiger partial charge in [-0.15, -0.1) is 5.11 Å². The Morgan fingerprint density at radius 1 is 1.05 bits per heavy atom. The smallest absolute Gasteiger partial charge is 0.870 e. The third kappa shape index (κ3) is 6.77. The molecular formula is C27H22Cl2N3NaO6S. The van der Waals surface area contributed by atoms with E-state index in [0.29, 0.717) is 45.8 Å². The number of anilines is 1. The summed E-state index contributed by atoms with van der Waals surface area (Å²) in [7, 11) is -4.65. The molecule has 0 aromatic heterocycles. The minimum absolute atomic E-state index is 0. The minimum atomic E-state index is -4.65. The van der Waals surface area contributed by atoms with E-state index >= 15 is 0 Å². The van der Waals surface area contributed by atoms with Gasteiger partial charge in [0.2, 0.25) is 0 Å². The summed E-state index contributed by atoms with van der Waals surface area (Å²) >= 11 is 12.5. The maximum Gasteiger partial charge on any atom is 1.00 e. The minimum Gasteiger partial charge on any atom is -0.870 e. The van der Waals surface area contributed by atoms with Crippen molar-refractivity contribution in [3.8, 4) is 11.5 Å². The van der Waals surface area contributed by atoms with E-state index in [1.807, 2.05) is 6.92 Å². The second-order valence-electron chi connectivity index (χ2n) is 8.27. The van der Waals surface area contributed by atoms with Gasteiger partial charge in [0.15, 0.2) is 0 Å². The first-order valence-electron chi connectivity index (χ1n) is 11.7. The summed E-state index contributed by atoms with van der Waals surface area (Å²) in [5, 5.41) is 25.1. The van der Waals surface area contributed by atoms with E-state index in [4.69, 9.17) is 27.9 Å². The monoisotopic (exact) mass is 609 g/mol. The zero-order valence-corrected chi connectivity index (χ0v) is 26.1. The van der Waals surface area contributed by atoms with Gasteiger partial charge in [0.05, 0.1) is 22.3 Å². The molecule has 0 spiro atoms. The number of fused-ring (bicyclic) bond motifs is 1. The van der Waals surface area contributed by atoms with Gasteiger partial charge in [-0.1, -0.05) is 66.2 Å². The molecule has 0 aliphatic rings. The number of nitrogens with one attached hydrogen (secondary N) is 1. The van der Waals surface area contributed by atoms with Crippen molar-refractivity contribution in [1.29, 1.82) is 0 Å². The molecule has 4 aromatic carbocycles. The van der Waals surface area contributed by atoms with Crippen LogP contribution in [0.5, 0.6) is 11.5 Å². The second kappa shape index (κ2) is 13.3. The van der Waals surface area contributed by atoms with Gasteiger partial charge in [-0.25, -0.2) is 0 Å². The van der Waals surface area contributed by atoms with E-state index in [1.165, 1.54) is 24.3 Å². The molecule has 0 saturated carbocycles. The van der Waals surface area contributed by atoms with E-state index < -0.39 is 26.7 Å². The summed E-state index contributed by atoms with van der Waals surface area (Å²) in [5.41, 5.74) is 0.226. The van der Waals surface area contributed by atoms with Crippen LogP contribution in [0.3, 0.4) is 0 Å². The molecule has 0 fully saturated rings. The predicted octanol–water partition coefficient (Wildman–Crippen LogP) is 4.10. The molecule has 0 unspecified atom stereocenters. The van der Waals surface area contributed by atoms with Gasteiger partial charge < -0.3 is 15.2 Å². The van der Waals surface area contributed by atoms with E-state index in [0.717, 1.165) is 0 Å². The Kier molecular flexibility index (Phi) is 10.6. The quantitative estimate of drug-likeness (QED) is 0.175. The number of benzene rings is 4. The molecule has 13 heteroatoms. The van der Waals surface area contributed by atoms with Crippen LogP contribution in [0.4, 0.5) is 17.1 Å². The number of amides is 1. The van der Waals surface area contributed by atoms with Crippen LogP contribution >= 0.6 is 23.2 Å². The molecule has 0 aliphatic heterocycles. The number of hydrogen-bond acceptors (Lipinski definition) is 7. The topological polar surface area (TPSA) is 140 Å². The van der Waals surface area contributed by atoms with Crippen LogP contribution in [0.2, 0.25) is 10.0 Å². The van der Waals surface area contributed by atoms with Gasteiger partial charge in [-0.3, -0.25) is 9.35 Å². The maximum absolute atomic E-state index is 13.4. The van der Waals surface area contributed by atoms with E-state index in [-0.39, 0.29) is 51.5 Å². The number of carbonyl (C=O) groups is 1. The van der Waals surface area contributed by atoms with Crippen molar-refractivity contribution >= 4 is 67.1 Å². The van der Waals surface area contributed by atoms with Crippen LogP contribution in [0, 0.1) is 0 Å². The molecule has 4 aromatic rings. The number of rotatable bonds is 8. The number of hydrogen-bond donors (Lipinski definition) is 2. The molecule has 4 rings (SSSR count). The van der Waals surface area contributed by atoms with Crippen molar-refractivity contribution in [3.05, 3.63) is 81.8 Å². The SMILES string of the molecule is CCOc1ccc(NC(=O)c2cc3ccccc3c(N=Nc3ccc(CC)c(S(=O)(=O)O)c3Cl)c2[O-])cc1Cl.[Na+]. The third-order valence-corrected chi connectivity index (χ3v) is 7.54. The zero-order chi connectivity index (χ0) is 28.3. The average Bonchev–Trinajstić information content (AvgIpc) is 2.89. The zero-order valence-electron chi connectivity index (χ0n) is 21.7. The molecule has 202 valence electrons. The Bertz CT molecular complexity index is 1730. The van der Waals surface area contributed by atoms with Crippen LogP contribution in [0.1, 0.15) is 29.8 Å². The van der Waals surface area contributed by atoms with Gasteiger partial charge in [0.25, 0.3) is 16.0 Å². The predicted molar refractivity (Wildman–Crippen MR) is 149 cm³/mol. The number of ether oxygens (including phenoxy) is 1. The molecule has 0 atom stereocenters. The van der Waals surface area contributed by atoms with Crippen molar-refractivity contribution in [3.63, 3.8) is 0 Å². The number of aryl methyl sites for hydroxylation is 1. The molecule has 0 saturated heterocycles. The normalized spacial score (nSPS) is 11.4. The summed E-state index contributed by atoms with van der Waals surface area (Å²) < 4.78 is 38.9. The van der Waals surface area contributed by atoms with Crippen molar-refractivity contribution in [2.75, 3.05) is 11.9 Å². The molecule has 2 N–H and O–H groups in total. The Labute approximate surface area is 263 Å². The van der Waals surface area contributed by atoms with Crippen LogP contribution < -0.4 is 44.7 Å². The Morgan fingerprint density at radius 2 is 1.77 bits per heavy atom. The fourth-order valence-electron chi connectivity index (χ4n) is 3.95. The van der Waals surface area contributed by atoms with Crippen LogP contribution in [-0.2, 0) is 16.5 Å². The van der Waals surface area contributed by atoms with Crippen LogP contribution in [-0.4, -0.2) is 25.5 Å². The van der Waals surface area contributed by atoms with Gasteiger partial charge in [-0.2, -0.15) is 13.5 Å². The van der Waals surface area contributed by atoms with E-state index in [2.05, 4.69) is 15.5 Å². The van der Waals surface area contributed by atoms with E-state index in [9.17, 15) is 22.9 Å². The fourth-order valence-corrected chi connectivity index (χ4v) is 5.58. The maximum atomic E-state index is 13.4. The fraction of sp³-hybridized carbons (Fsp3) is 0.148. The number of halogens is 2. The molecule has 0 bridgehead atoms. The first-order valence-corrected chi connectivity index (χ1v) is 13.9.